The van der Waals surface area contributed by atoms with E-state index in [4.69, 9.17) is 4.84 Å². The summed E-state index contributed by atoms with van der Waals surface area (Å²) in [5, 5.41) is 0. The minimum Gasteiger partial charge on any atom is -0.304 e. The second-order valence-corrected chi connectivity index (χ2v) is 5.71. The van der Waals surface area contributed by atoms with Crippen LogP contribution in [0.5, 0.6) is 0 Å². The SMILES string of the molecule is CON[C@]1(CCC(C)C)C(=O)CC(=O)c2ccccc21. The number of benzene rings is 1. The van der Waals surface area contributed by atoms with Crippen LogP contribution in [-0.2, 0) is 15.2 Å². The lowest BCUT2D eigenvalue weighted by atomic mass is 9.72. The van der Waals surface area contributed by atoms with Gasteiger partial charge in [0.2, 0.25) is 0 Å². The van der Waals surface area contributed by atoms with Crippen LogP contribution in [0.2, 0.25) is 0 Å². The number of hydroxylamine groups is 1. The standard InChI is InChI=1S/C16H21NO3/c1-11(2)8-9-16(17-20-3)13-7-5-4-6-12(13)14(18)10-15(16)19/h4-7,11,17H,8-10H2,1-3H3/t16-/m0/s1. The number of fused-ring (bicyclic) bond motifs is 1. The van der Waals surface area contributed by atoms with E-state index in [1.165, 1.54) is 7.11 Å². The first-order valence-corrected chi connectivity index (χ1v) is 6.97. The van der Waals surface area contributed by atoms with Crippen LogP contribution in [0.1, 0.15) is 49.0 Å². The maximum atomic E-state index is 12.5. The average molecular weight is 275 g/mol. The Bertz CT molecular complexity index is 524. The normalized spacial score (nSPS) is 22.2. The molecule has 0 fully saturated rings. The molecule has 0 bridgehead atoms. The lowest BCUT2D eigenvalue weighted by Gasteiger charge is -2.37. The van der Waals surface area contributed by atoms with Crippen molar-refractivity contribution < 1.29 is 14.4 Å². The maximum Gasteiger partial charge on any atom is 0.170 e. The molecule has 0 radical (unpaired) electrons. The summed E-state index contributed by atoms with van der Waals surface area (Å²) in [5.41, 5.74) is 3.34. The first-order valence-electron chi connectivity index (χ1n) is 6.97. The van der Waals surface area contributed by atoms with Crippen molar-refractivity contribution in [2.24, 2.45) is 5.92 Å². The number of rotatable bonds is 5. The Morgan fingerprint density at radius 2 is 2.00 bits per heavy atom. The van der Waals surface area contributed by atoms with Gasteiger partial charge in [0.05, 0.1) is 13.5 Å². The monoisotopic (exact) mass is 275 g/mol. The Labute approximate surface area is 119 Å². The molecule has 0 saturated carbocycles. The molecule has 1 aromatic carbocycles. The van der Waals surface area contributed by atoms with Gasteiger partial charge in [0.25, 0.3) is 0 Å². The van der Waals surface area contributed by atoms with Crippen LogP contribution in [0.3, 0.4) is 0 Å². The molecule has 0 heterocycles. The fraction of sp³-hybridized carbons (Fsp3) is 0.500. The van der Waals surface area contributed by atoms with Crippen molar-refractivity contribution in [2.45, 2.75) is 38.6 Å². The van der Waals surface area contributed by atoms with Gasteiger partial charge in [0.1, 0.15) is 5.54 Å². The number of nitrogens with one attached hydrogen (secondary N) is 1. The highest BCUT2D eigenvalue weighted by molar-refractivity contribution is 6.15. The Kier molecular flexibility index (Phi) is 4.35. The highest BCUT2D eigenvalue weighted by atomic mass is 16.6. The predicted molar refractivity (Wildman–Crippen MR) is 76.3 cm³/mol. The molecule has 0 amide bonds. The largest absolute Gasteiger partial charge is 0.304 e. The van der Waals surface area contributed by atoms with Crippen molar-refractivity contribution in [2.75, 3.05) is 7.11 Å². The molecular formula is C16H21NO3. The van der Waals surface area contributed by atoms with Gasteiger partial charge >= 0.3 is 0 Å². The van der Waals surface area contributed by atoms with E-state index in [2.05, 4.69) is 19.3 Å². The van der Waals surface area contributed by atoms with Crippen molar-refractivity contribution in [3.63, 3.8) is 0 Å². The van der Waals surface area contributed by atoms with Crippen molar-refractivity contribution in [3.05, 3.63) is 35.4 Å². The van der Waals surface area contributed by atoms with Crippen molar-refractivity contribution in [1.82, 2.24) is 5.48 Å². The molecular weight excluding hydrogens is 254 g/mol. The van der Waals surface area contributed by atoms with Gasteiger partial charge in [-0.15, -0.1) is 0 Å². The number of hydrogen-bond acceptors (Lipinski definition) is 4. The zero-order valence-electron chi connectivity index (χ0n) is 12.2. The van der Waals surface area contributed by atoms with E-state index in [1.54, 1.807) is 6.07 Å². The predicted octanol–water partition coefficient (Wildman–Crippen LogP) is 2.62. The fourth-order valence-corrected chi connectivity index (χ4v) is 2.76. The van der Waals surface area contributed by atoms with Crippen LogP contribution in [0.25, 0.3) is 0 Å². The summed E-state index contributed by atoms with van der Waals surface area (Å²) in [4.78, 5) is 29.7. The second-order valence-electron chi connectivity index (χ2n) is 5.71. The smallest absolute Gasteiger partial charge is 0.170 e. The number of ketones is 2. The quantitative estimate of drug-likeness (QED) is 0.663. The Balaban J connectivity index is 2.50. The minimum absolute atomic E-state index is 0.0640. The molecule has 20 heavy (non-hydrogen) atoms. The first kappa shape index (κ1) is 14.9. The minimum atomic E-state index is -0.899. The summed E-state index contributed by atoms with van der Waals surface area (Å²) in [6, 6.07) is 7.31. The van der Waals surface area contributed by atoms with Crippen LogP contribution in [-0.4, -0.2) is 18.7 Å². The highest BCUT2D eigenvalue weighted by Gasteiger charge is 2.46. The second kappa shape index (κ2) is 5.85. The molecule has 1 aliphatic rings. The van der Waals surface area contributed by atoms with E-state index < -0.39 is 5.54 Å². The topological polar surface area (TPSA) is 55.4 Å². The fourth-order valence-electron chi connectivity index (χ4n) is 2.76. The Morgan fingerprint density at radius 3 is 2.65 bits per heavy atom. The molecule has 4 heteroatoms. The van der Waals surface area contributed by atoms with Gasteiger partial charge < -0.3 is 4.84 Å². The third-order valence-corrected chi connectivity index (χ3v) is 3.86. The van der Waals surface area contributed by atoms with Gasteiger partial charge in [-0.05, 0) is 24.3 Å². The lowest BCUT2D eigenvalue weighted by molar-refractivity contribution is -0.132. The summed E-state index contributed by atoms with van der Waals surface area (Å²) < 4.78 is 0. The maximum absolute atomic E-state index is 12.5. The first-order chi connectivity index (χ1) is 9.51. The summed E-state index contributed by atoms with van der Waals surface area (Å²) in [6.45, 7) is 4.23. The van der Waals surface area contributed by atoms with Gasteiger partial charge in [0.15, 0.2) is 11.6 Å². The molecule has 2 rings (SSSR count). The van der Waals surface area contributed by atoms with Gasteiger partial charge in [-0.25, -0.2) is 0 Å². The lowest BCUT2D eigenvalue weighted by Crippen LogP contribution is -2.52. The van der Waals surface area contributed by atoms with Gasteiger partial charge in [0, 0.05) is 5.56 Å². The van der Waals surface area contributed by atoms with Crippen LogP contribution >= 0.6 is 0 Å². The van der Waals surface area contributed by atoms with Crippen LogP contribution < -0.4 is 5.48 Å². The number of carbonyl (C=O) groups excluding carboxylic acids is 2. The molecule has 1 aliphatic carbocycles. The van der Waals surface area contributed by atoms with Gasteiger partial charge in [-0.2, -0.15) is 5.48 Å². The molecule has 0 aliphatic heterocycles. The zero-order valence-corrected chi connectivity index (χ0v) is 12.2. The number of Topliss-reactive ketones (excluding diaryl/α,β-unsaturated/α-hetero) is 2. The van der Waals surface area contributed by atoms with Crippen molar-refractivity contribution >= 4 is 11.6 Å². The van der Waals surface area contributed by atoms with E-state index in [1.807, 2.05) is 18.2 Å². The van der Waals surface area contributed by atoms with E-state index in [-0.39, 0.29) is 18.0 Å². The summed E-state index contributed by atoms with van der Waals surface area (Å²) in [5.74, 6) is 0.260. The van der Waals surface area contributed by atoms with Crippen molar-refractivity contribution in [1.29, 1.82) is 0 Å². The average Bonchev–Trinajstić information content (AvgIpc) is 2.42. The van der Waals surface area contributed by atoms with E-state index in [9.17, 15) is 9.59 Å². The van der Waals surface area contributed by atoms with E-state index in [0.29, 0.717) is 17.9 Å². The molecule has 1 atom stereocenters. The molecule has 108 valence electrons. The van der Waals surface area contributed by atoms with Gasteiger partial charge in [-0.1, -0.05) is 38.1 Å². The molecule has 1 aromatic rings. The highest BCUT2D eigenvalue weighted by Crippen LogP contribution is 2.37. The van der Waals surface area contributed by atoms with Gasteiger partial charge in [-0.3, -0.25) is 9.59 Å². The summed E-state index contributed by atoms with van der Waals surface area (Å²) in [6.07, 6.45) is 1.44. The number of carbonyl (C=O) groups is 2. The molecule has 4 nitrogen and oxygen atoms in total. The molecule has 0 unspecified atom stereocenters. The summed E-state index contributed by atoms with van der Waals surface area (Å²) in [7, 11) is 1.50. The zero-order chi connectivity index (χ0) is 14.8. The third kappa shape index (κ3) is 2.53. The molecule has 1 N–H and O–H groups in total. The Hall–Kier alpha value is -1.52. The molecule has 0 aromatic heterocycles. The Morgan fingerprint density at radius 1 is 1.30 bits per heavy atom. The molecule has 0 spiro atoms. The van der Waals surface area contributed by atoms with Crippen LogP contribution in [0.15, 0.2) is 24.3 Å². The van der Waals surface area contributed by atoms with E-state index in [0.717, 1.165) is 12.0 Å². The third-order valence-electron chi connectivity index (χ3n) is 3.86. The van der Waals surface area contributed by atoms with E-state index >= 15 is 0 Å². The number of hydrogen-bond donors (Lipinski definition) is 1. The van der Waals surface area contributed by atoms with Crippen LogP contribution in [0, 0.1) is 5.92 Å². The molecule has 0 saturated heterocycles. The van der Waals surface area contributed by atoms with Crippen molar-refractivity contribution in [3.8, 4) is 0 Å². The summed E-state index contributed by atoms with van der Waals surface area (Å²) >= 11 is 0. The van der Waals surface area contributed by atoms with Crippen LogP contribution in [0.4, 0.5) is 0 Å².